The molecule has 0 saturated heterocycles. The van der Waals surface area contributed by atoms with Crippen LogP contribution in [0.4, 0.5) is 0 Å². The number of aromatic nitrogens is 1. The van der Waals surface area contributed by atoms with E-state index in [2.05, 4.69) is 47.6 Å². The third kappa shape index (κ3) is 5.80. The quantitative estimate of drug-likeness (QED) is 0.467. The average molecular weight is 421 g/mol. The molecule has 0 aliphatic carbocycles. The second-order valence-corrected chi connectivity index (χ2v) is 7.68. The molecule has 30 heavy (non-hydrogen) atoms. The number of methoxy groups -OCH3 is 2. The Morgan fingerprint density at radius 1 is 1.00 bits per heavy atom. The van der Waals surface area contributed by atoms with E-state index in [1.807, 2.05) is 36.7 Å². The molecule has 0 unspecified atom stereocenters. The number of hydrogen-bond donors (Lipinski definition) is 1. The Hall–Kier alpha value is -2.92. The molecule has 0 amide bonds. The number of ether oxygens (including phenoxy) is 2. The van der Waals surface area contributed by atoms with E-state index in [1.165, 1.54) is 5.56 Å². The number of pyridine rings is 1. The summed E-state index contributed by atoms with van der Waals surface area (Å²) in [6, 6.07) is 18.6. The molecule has 1 aromatic heterocycles. The topological polar surface area (TPSA) is 43.4 Å². The Kier molecular flexibility index (Phi) is 7.80. The van der Waals surface area contributed by atoms with Crippen molar-refractivity contribution in [2.75, 3.05) is 14.2 Å². The van der Waals surface area contributed by atoms with Gasteiger partial charge in [-0.1, -0.05) is 48.6 Å². The predicted octanol–water partition coefficient (Wildman–Crippen LogP) is 5.44. The average Bonchev–Trinajstić information content (AvgIpc) is 2.79. The van der Waals surface area contributed by atoms with Gasteiger partial charge in [-0.2, -0.15) is 0 Å². The maximum Gasteiger partial charge on any atom is 0.161 e. The van der Waals surface area contributed by atoms with Crippen molar-refractivity contribution < 1.29 is 9.47 Å². The van der Waals surface area contributed by atoms with Gasteiger partial charge in [-0.15, -0.1) is 0 Å². The van der Waals surface area contributed by atoms with E-state index >= 15 is 0 Å². The molecule has 0 aliphatic heterocycles. The zero-order chi connectivity index (χ0) is 21.3. The maximum absolute atomic E-state index is 5.62. The van der Waals surface area contributed by atoms with Crippen LogP contribution in [-0.2, 0) is 6.42 Å². The minimum atomic E-state index is 0.319. The predicted molar refractivity (Wildman–Crippen MR) is 126 cm³/mol. The van der Waals surface area contributed by atoms with E-state index in [4.69, 9.17) is 21.7 Å². The molecule has 5 heteroatoms. The lowest BCUT2D eigenvalue weighted by Gasteiger charge is -2.16. The molecule has 0 radical (unpaired) electrons. The summed E-state index contributed by atoms with van der Waals surface area (Å²) >= 11 is 5.62. The summed E-state index contributed by atoms with van der Waals surface area (Å²) < 4.78 is 10.7. The van der Waals surface area contributed by atoms with Crippen molar-refractivity contribution in [2.24, 2.45) is 0 Å². The van der Waals surface area contributed by atoms with E-state index in [0.29, 0.717) is 6.04 Å². The van der Waals surface area contributed by atoms with Gasteiger partial charge in [0.15, 0.2) is 11.5 Å². The van der Waals surface area contributed by atoms with E-state index < -0.39 is 0 Å². The van der Waals surface area contributed by atoms with Crippen molar-refractivity contribution in [3.8, 4) is 22.6 Å². The van der Waals surface area contributed by atoms with Gasteiger partial charge in [0, 0.05) is 24.0 Å². The molecule has 1 atom stereocenters. The van der Waals surface area contributed by atoms with Crippen LogP contribution in [0.25, 0.3) is 11.1 Å². The summed E-state index contributed by atoms with van der Waals surface area (Å²) in [5.74, 6) is 1.44. The summed E-state index contributed by atoms with van der Waals surface area (Å²) in [6.07, 6.45) is 6.93. The van der Waals surface area contributed by atoms with Gasteiger partial charge in [0.1, 0.15) is 4.99 Å². The van der Waals surface area contributed by atoms with Crippen LogP contribution in [0, 0.1) is 0 Å². The van der Waals surface area contributed by atoms with Crippen LogP contribution in [0.3, 0.4) is 0 Å². The first kappa shape index (κ1) is 21.8. The highest BCUT2D eigenvalue weighted by Gasteiger charge is 2.09. The molecule has 3 rings (SSSR count). The lowest BCUT2D eigenvalue weighted by atomic mass is 10.0. The molecule has 0 bridgehead atoms. The largest absolute Gasteiger partial charge is 0.493 e. The molecule has 4 nitrogen and oxygen atoms in total. The molecular formula is C25H28N2O2S. The molecular weight excluding hydrogens is 392 g/mol. The van der Waals surface area contributed by atoms with Crippen LogP contribution < -0.4 is 14.8 Å². The highest BCUT2D eigenvalue weighted by molar-refractivity contribution is 7.80. The lowest BCUT2D eigenvalue weighted by molar-refractivity contribution is 0.355. The van der Waals surface area contributed by atoms with E-state index in [-0.39, 0.29) is 0 Å². The first-order valence-electron chi connectivity index (χ1n) is 10.1. The van der Waals surface area contributed by atoms with Gasteiger partial charge in [0.25, 0.3) is 0 Å². The third-order valence-corrected chi connectivity index (χ3v) is 5.42. The Labute approximate surface area is 184 Å². The summed E-state index contributed by atoms with van der Waals surface area (Å²) in [5, 5.41) is 3.45. The molecule has 0 aliphatic rings. The van der Waals surface area contributed by atoms with E-state index in [1.54, 1.807) is 14.2 Å². The summed E-state index contributed by atoms with van der Waals surface area (Å²) in [4.78, 5) is 4.95. The second-order valence-electron chi connectivity index (χ2n) is 7.28. The van der Waals surface area contributed by atoms with Crippen molar-refractivity contribution >= 4 is 17.2 Å². The van der Waals surface area contributed by atoms with E-state index in [0.717, 1.165) is 52.4 Å². The van der Waals surface area contributed by atoms with Gasteiger partial charge in [0.2, 0.25) is 0 Å². The number of benzene rings is 2. The number of rotatable bonds is 9. The van der Waals surface area contributed by atoms with Gasteiger partial charge in [-0.05, 0) is 61.1 Å². The Balaban J connectivity index is 1.55. The smallest absolute Gasteiger partial charge is 0.161 e. The number of aryl methyl sites for hydroxylation is 1. The Morgan fingerprint density at radius 2 is 1.73 bits per heavy atom. The molecule has 1 heterocycles. The SMILES string of the molecule is COc1ccc(-c2ccc(C(=S)N[C@H](C)CCCc3cccnc3)cc2)cc1OC. The zero-order valence-electron chi connectivity index (χ0n) is 17.7. The van der Waals surface area contributed by atoms with Gasteiger partial charge in [0.05, 0.1) is 14.2 Å². The maximum atomic E-state index is 5.62. The zero-order valence-corrected chi connectivity index (χ0v) is 18.5. The van der Waals surface area contributed by atoms with Crippen molar-refractivity contribution in [1.82, 2.24) is 10.3 Å². The molecule has 0 saturated carbocycles. The standard InChI is InChI=1S/C25H28N2O2S/c1-18(6-4-7-19-8-5-15-26-17-19)27-25(30)21-11-9-20(10-12-21)22-13-14-23(28-2)24(16-22)29-3/h5,8-18H,4,6-7H2,1-3H3,(H,27,30)/t18-/m1/s1. The van der Waals surface area contributed by atoms with Crippen molar-refractivity contribution in [1.29, 1.82) is 0 Å². The first-order valence-corrected chi connectivity index (χ1v) is 10.5. The first-order chi connectivity index (χ1) is 14.6. The second kappa shape index (κ2) is 10.7. The highest BCUT2D eigenvalue weighted by atomic mass is 32.1. The third-order valence-electron chi connectivity index (χ3n) is 5.07. The van der Waals surface area contributed by atoms with Crippen molar-refractivity contribution in [3.63, 3.8) is 0 Å². The van der Waals surface area contributed by atoms with Crippen LogP contribution >= 0.6 is 12.2 Å². The number of thiocarbonyl (C=S) groups is 1. The van der Waals surface area contributed by atoms with Crippen LogP contribution in [0.1, 0.15) is 30.9 Å². The van der Waals surface area contributed by atoms with Crippen LogP contribution in [0.2, 0.25) is 0 Å². The van der Waals surface area contributed by atoms with Crippen LogP contribution in [0.5, 0.6) is 11.5 Å². The van der Waals surface area contributed by atoms with Crippen LogP contribution in [-0.4, -0.2) is 30.2 Å². The Morgan fingerprint density at radius 3 is 2.40 bits per heavy atom. The monoisotopic (exact) mass is 420 g/mol. The molecule has 0 fully saturated rings. The summed E-state index contributed by atoms with van der Waals surface area (Å²) in [6.45, 7) is 2.17. The minimum absolute atomic E-state index is 0.319. The van der Waals surface area contributed by atoms with Gasteiger partial charge >= 0.3 is 0 Å². The molecule has 0 spiro atoms. The number of nitrogens with one attached hydrogen (secondary N) is 1. The van der Waals surface area contributed by atoms with Gasteiger partial charge < -0.3 is 14.8 Å². The van der Waals surface area contributed by atoms with Gasteiger partial charge in [-0.25, -0.2) is 0 Å². The molecule has 156 valence electrons. The number of hydrogen-bond acceptors (Lipinski definition) is 4. The highest BCUT2D eigenvalue weighted by Crippen LogP contribution is 2.32. The number of nitrogens with zero attached hydrogens (tertiary/aromatic N) is 1. The van der Waals surface area contributed by atoms with Crippen LogP contribution in [0.15, 0.2) is 67.0 Å². The van der Waals surface area contributed by atoms with Gasteiger partial charge in [-0.3, -0.25) is 4.98 Å². The van der Waals surface area contributed by atoms with Crippen molar-refractivity contribution in [3.05, 3.63) is 78.1 Å². The molecule has 3 aromatic rings. The van der Waals surface area contributed by atoms with Crippen molar-refractivity contribution in [2.45, 2.75) is 32.2 Å². The lowest BCUT2D eigenvalue weighted by Crippen LogP contribution is -2.31. The fourth-order valence-corrected chi connectivity index (χ4v) is 3.70. The molecule has 2 aromatic carbocycles. The minimum Gasteiger partial charge on any atom is -0.493 e. The normalized spacial score (nSPS) is 11.6. The Bertz CT molecular complexity index is 959. The molecule has 1 N–H and O–H groups in total. The fourth-order valence-electron chi connectivity index (χ4n) is 3.37. The van der Waals surface area contributed by atoms with E-state index in [9.17, 15) is 0 Å². The summed E-state index contributed by atoms with van der Waals surface area (Å²) in [7, 11) is 3.28. The fraction of sp³-hybridized carbons (Fsp3) is 0.280. The summed E-state index contributed by atoms with van der Waals surface area (Å²) in [5.41, 5.74) is 4.47.